The summed E-state index contributed by atoms with van der Waals surface area (Å²) in [5.74, 6) is 2.78. The maximum atomic E-state index is 12.8. The third-order valence-corrected chi connectivity index (χ3v) is 7.22. The molecule has 2 atom stereocenters. The lowest BCUT2D eigenvalue weighted by Crippen LogP contribution is -2.40. The van der Waals surface area contributed by atoms with E-state index in [-0.39, 0.29) is 17.2 Å². The van der Waals surface area contributed by atoms with Gasteiger partial charge in [0.05, 0.1) is 19.9 Å². The summed E-state index contributed by atoms with van der Waals surface area (Å²) in [6.07, 6.45) is 2.25. The van der Waals surface area contributed by atoms with Gasteiger partial charge in [-0.15, -0.1) is 0 Å². The van der Waals surface area contributed by atoms with E-state index in [0.717, 1.165) is 48.5 Å². The topological polar surface area (TPSA) is 85.6 Å². The van der Waals surface area contributed by atoms with Crippen molar-refractivity contribution in [2.75, 3.05) is 27.3 Å². The lowest BCUT2D eigenvalue weighted by atomic mass is 9.81. The van der Waals surface area contributed by atoms with Gasteiger partial charge in [0.1, 0.15) is 0 Å². The summed E-state index contributed by atoms with van der Waals surface area (Å²) in [7, 11) is 3.22. The van der Waals surface area contributed by atoms with Crippen LogP contribution in [0, 0.1) is 11.8 Å². The fraction of sp³-hybridized carbons (Fsp3) is 0.467. The molecule has 1 aromatic heterocycles. The first kappa shape index (κ1) is 26.7. The van der Waals surface area contributed by atoms with E-state index in [0.29, 0.717) is 30.4 Å². The molecule has 1 aliphatic heterocycles. The Morgan fingerprint density at radius 3 is 2.51 bits per heavy atom. The zero-order valence-electron chi connectivity index (χ0n) is 22.6. The van der Waals surface area contributed by atoms with Crippen LogP contribution in [0.15, 0.2) is 53.1 Å². The number of benzene rings is 2. The number of amides is 1. The highest BCUT2D eigenvalue weighted by Gasteiger charge is 2.28. The number of methoxy groups -OCH3 is 2. The van der Waals surface area contributed by atoms with E-state index in [4.69, 9.17) is 14.0 Å². The van der Waals surface area contributed by atoms with Crippen molar-refractivity contribution < 1.29 is 18.8 Å². The first-order chi connectivity index (χ1) is 17.8. The van der Waals surface area contributed by atoms with Crippen LogP contribution in [-0.4, -0.2) is 38.4 Å². The number of nitrogens with one attached hydrogen (secondary N) is 2. The summed E-state index contributed by atoms with van der Waals surface area (Å²) in [5.41, 5.74) is 4.33. The first-order valence-electron chi connectivity index (χ1n) is 13.0. The molecular formula is C30H39N3O4. The number of rotatable bonds is 9. The van der Waals surface area contributed by atoms with Crippen LogP contribution in [0.25, 0.3) is 11.3 Å². The van der Waals surface area contributed by atoms with Gasteiger partial charge in [0.15, 0.2) is 17.3 Å². The number of carbonyl (C=O) groups is 1. The first-order valence-corrected chi connectivity index (χ1v) is 13.0. The van der Waals surface area contributed by atoms with E-state index in [1.807, 2.05) is 24.3 Å². The average Bonchev–Trinajstić information content (AvgIpc) is 3.36. The van der Waals surface area contributed by atoms with Gasteiger partial charge in [0.2, 0.25) is 5.91 Å². The second-order valence-corrected chi connectivity index (χ2v) is 10.9. The standard InChI is InChI=1S/C30H39N3O4/c1-30(2,3)24-9-7-21(8-10-24)27-17-25(33-37-27)15-23-19-31-13-12-22(23)16-29(34)32-18-20-6-11-26(35-4)28(14-20)36-5/h6-11,14,17,22-23,31H,12-13,15-16,18-19H2,1-5H3,(H,32,34). The van der Waals surface area contributed by atoms with Crippen LogP contribution in [0.3, 0.4) is 0 Å². The largest absolute Gasteiger partial charge is 0.493 e. The Bertz CT molecular complexity index is 1180. The molecule has 1 aliphatic rings. The number of carbonyl (C=O) groups excluding carboxylic acids is 1. The molecule has 2 N–H and O–H groups in total. The Morgan fingerprint density at radius 2 is 1.81 bits per heavy atom. The monoisotopic (exact) mass is 505 g/mol. The van der Waals surface area contributed by atoms with Crippen LogP contribution in [-0.2, 0) is 23.2 Å². The quantitative estimate of drug-likeness (QED) is 0.419. The molecule has 37 heavy (non-hydrogen) atoms. The van der Waals surface area contributed by atoms with Gasteiger partial charge in [0, 0.05) is 24.6 Å². The molecule has 2 unspecified atom stereocenters. The third kappa shape index (κ3) is 6.92. The number of ether oxygens (including phenoxy) is 2. The van der Waals surface area contributed by atoms with Crippen molar-refractivity contribution in [3.63, 3.8) is 0 Å². The van der Waals surface area contributed by atoms with E-state index < -0.39 is 0 Å². The molecule has 0 bridgehead atoms. The fourth-order valence-corrected chi connectivity index (χ4v) is 4.93. The molecule has 1 amide bonds. The molecule has 7 heteroatoms. The smallest absolute Gasteiger partial charge is 0.220 e. The molecule has 1 saturated heterocycles. The average molecular weight is 506 g/mol. The van der Waals surface area contributed by atoms with E-state index >= 15 is 0 Å². The lowest BCUT2D eigenvalue weighted by molar-refractivity contribution is -0.122. The van der Waals surface area contributed by atoms with Crippen molar-refractivity contribution in [3.05, 3.63) is 65.4 Å². The van der Waals surface area contributed by atoms with Crippen molar-refractivity contribution in [2.24, 2.45) is 11.8 Å². The molecule has 1 fully saturated rings. The van der Waals surface area contributed by atoms with Crippen LogP contribution >= 0.6 is 0 Å². The Balaban J connectivity index is 1.34. The minimum absolute atomic E-state index is 0.0615. The Hall–Kier alpha value is -3.32. The highest BCUT2D eigenvalue weighted by Crippen LogP contribution is 2.30. The van der Waals surface area contributed by atoms with Crippen LogP contribution in [0.5, 0.6) is 11.5 Å². The Morgan fingerprint density at radius 1 is 1.05 bits per heavy atom. The van der Waals surface area contributed by atoms with Crippen molar-refractivity contribution in [3.8, 4) is 22.8 Å². The molecule has 4 rings (SSSR count). The van der Waals surface area contributed by atoms with Gasteiger partial charge >= 0.3 is 0 Å². The third-order valence-electron chi connectivity index (χ3n) is 7.22. The van der Waals surface area contributed by atoms with E-state index in [1.54, 1.807) is 14.2 Å². The molecule has 0 aliphatic carbocycles. The van der Waals surface area contributed by atoms with Gasteiger partial charge < -0.3 is 24.6 Å². The second kappa shape index (κ2) is 11.8. The van der Waals surface area contributed by atoms with Crippen molar-refractivity contribution >= 4 is 5.91 Å². The minimum atomic E-state index is 0.0615. The molecule has 0 spiro atoms. The summed E-state index contributed by atoms with van der Waals surface area (Å²) in [5, 5.41) is 10.9. The molecule has 0 radical (unpaired) electrons. The SMILES string of the molecule is COc1ccc(CNC(=O)CC2CCNCC2Cc2cc(-c3ccc(C(C)(C)C)cc3)on2)cc1OC. The van der Waals surface area contributed by atoms with Crippen LogP contribution < -0.4 is 20.1 Å². The fourth-order valence-electron chi connectivity index (χ4n) is 4.93. The number of aromatic nitrogens is 1. The van der Waals surface area contributed by atoms with Crippen molar-refractivity contribution in [1.29, 1.82) is 0 Å². The molecule has 7 nitrogen and oxygen atoms in total. The zero-order chi connectivity index (χ0) is 26.4. The second-order valence-electron chi connectivity index (χ2n) is 10.9. The van der Waals surface area contributed by atoms with E-state index in [2.05, 4.69) is 60.8 Å². The van der Waals surface area contributed by atoms with Crippen LogP contribution in [0.1, 0.15) is 50.4 Å². The van der Waals surface area contributed by atoms with Gasteiger partial charge in [-0.2, -0.15) is 0 Å². The molecule has 2 heterocycles. The number of hydrogen-bond acceptors (Lipinski definition) is 6. The maximum absolute atomic E-state index is 12.8. The highest BCUT2D eigenvalue weighted by atomic mass is 16.5. The maximum Gasteiger partial charge on any atom is 0.220 e. The van der Waals surface area contributed by atoms with Gasteiger partial charge in [-0.3, -0.25) is 4.79 Å². The number of nitrogens with zero attached hydrogens (tertiary/aromatic N) is 1. The summed E-state index contributed by atoms with van der Waals surface area (Å²) in [6, 6.07) is 16.2. The van der Waals surface area contributed by atoms with Crippen molar-refractivity contribution in [2.45, 2.75) is 52.0 Å². The van der Waals surface area contributed by atoms with E-state index in [9.17, 15) is 4.79 Å². The Kier molecular flexibility index (Phi) is 8.54. The molecule has 3 aromatic rings. The van der Waals surface area contributed by atoms with Gasteiger partial charge in [-0.1, -0.05) is 56.3 Å². The molecule has 198 valence electrons. The van der Waals surface area contributed by atoms with Gasteiger partial charge in [0.25, 0.3) is 0 Å². The summed E-state index contributed by atoms with van der Waals surface area (Å²) < 4.78 is 16.3. The predicted octanol–water partition coefficient (Wildman–Crippen LogP) is 5.13. The summed E-state index contributed by atoms with van der Waals surface area (Å²) in [4.78, 5) is 12.8. The minimum Gasteiger partial charge on any atom is -0.493 e. The zero-order valence-corrected chi connectivity index (χ0v) is 22.6. The lowest BCUT2D eigenvalue weighted by Gasteiger charge is -2.31. The number of hydrogen-bond donors (Lipinski definition) is 2. The highest BCUT2D eigenvalue weighted by molar-refractivity contribution is 5.76. The molecule has 2 aromatic carbocycles. The molecule has 0 saturated carbocycles. The normalized spacial score (nSPS) is 17.9. The summed E-state index contributed by atoms with van der Waals surface area (Å²) in [6.45, 7) is 8.87. The predicted molar refractivity (Wildman–Crippen MR) is 145 cm³/mol. The molecular weight excluding hydrogens is 466 g/mol. The van der Waals surface area contributed by atoms with Gasteiger partial charge in [-0.25, -0.2) is 0 Å². The van der Waals surface area contributed by atoms with E-state index in [1.165, 1.54) is 5.56 Å². The van der Waals surface area contributed by atoms with Gasteiger partial charge in [-0.05, 0) is 66.4 Å². The number of piperidine rings is 1. The Labute approximate surface area is 219 Å². The summed E-state index contributed by atoms with van der Waals surface area (Å²) >= 11 is 0. The van der Waals surface area contributed by atoms with Crippen molar-refractivity contribution in [1.82, 2.24) is 15.8 Å². The van der Waals surface area contributed by atoms with Crippen LogP contribution in [0.2, 0.25) is 0 Å². The van der Waals surface area contributed by atoms with Crippen LogP contribution in [0.4, 0.5) is 0 Å².